The molecule has 3 heterocycles. The van der Waals surface area contributed by atoms with Gasteiger partial charge >= 0.3 is 11.9 Å². The molecule has 11 nitrogen and oxygen atoms in total. The van der Waals surface area contributed by atoms with E-state index >= 15 is 0 Å². The number of carbonyl (C=O) groups is 1. The maximum Gasteiger partial charge on any atom is 0.411 e. The van der Waals surface area contributed by atoms with E-state index in [1.54, 1.807) is 0 Å². The number of carbonyl (C=O) groups excluding carboxylic acids is 1. The van der Waals surface area contributed by atoms with Gasteiger partial charge in [0, 0.05) is 0 Å². The Morgan fingerprint density at radius 2 is 2.00 bits per heavy atom. The number of nitrogens with one attached hydrogen (secondary N) is 1. The number of halogens is 3. The predicted octanol–water partition coefficient (Wildman–Crippen LogP) is 2.42. The molecule has 3 rings (SSSR count). The van der Waals surface area contributed by atoms with Crippen LogP contribution in [0.25, 0.3) is 0 Å². The number of hydrogen-bond donors (Lipinski definition) is 1. The van der Waals surface area contributed by atoms with Crippen molar-refractivity contribution < 1.29 is 32.0 Å². The number of rotatable bonds is 8. The van der Waals surface area contributed by atoms with E-state index in [2.05, 4.69) is 20.3 Å². The quantitative estimate of drug-likeness (QED) is 0.442. The van der Waals surface area contributed by atoms with Gasteiger partial charge in [0.2, 0.25) is 0 Å². The summed E-state index contributed by atoms with van der Waals surface area (Å²) in [5.74, 6) is -0.314. The average Bonchev–Trinajstić information content (AvgIpc) is 3.35. The number of hydrogen-bond acceptors (Lipinski definition) is 7. The van der Waals surface area contributed by atoms with E-state index in [1.165, 1.54) is 35.4 Å². The van der Waals surface area contributed by atoms with Crippen LogP contribution in [-0.2, 0) is 18.0 Å². The smallest absolute Gasteiger partial charge is 0.411 e. The topological polar surface area (TPSA) is 130 Å². The molecule has 3 aromatic heterocycles. The molecule has 14 heteroatoms. The number of alkyl halides is 3. The van der Waals surface area contributed by atoms with E-state index in [0.29, 0.717) is 5.76 Å². The van der Waals surface area contributed by atoms with Crippen molar-refractivity contribution in [2.45, 2.75) is 19.5 Å². The van der Waals surface area contributed by atoms with Gasteiger partial charge in [-0.15, -0.1) is 0 Å². The lowest BCUT2D eigenvalue weighted by Gasteiger charge is -2.07. The summed E-state index contributed by atoms with van der Waals surface area (Å²) in [6.45, 7) is -1.77. The summed E-state index contributed by atoms with van der Waals surface area (Å²) >= 11 is 0. The Bertz CT molecular complexity index is 1010. The fourth-order valence-electron chi connectivity index (χ4n) is 2.22. The molecule has 0 fully saturated rings. The summed E-state index contributed by atoms with van der Waals surface area (Å²) in [6.07, 6.45) is 0.398. The minimum absolute atomic E-state index is 0.0391. The van der Waals surface area contributed by atoms with E-state index in [-0.39, 0.29) is 23.7 Å². The molecule has 0 bridgehead atoms. The van der Waals surface area contributed by atoms with E-state index in [0.717, 1.165) is 10.9 Å². The first kappa shape index (κ1) is 20.1. The highest BCUT2D eigenvalue weighted by Gasteiger charge is 2.27. The highest BCUT2D eigenvalue weighted by Crippen LogP contribution is 2.16. The largest absolute Gasteiger partial charge is 0.454 e. The highest BCUT2D eigenvalue weighted by molar-refractivity contribution is 6.02. The SMILES string of the molecule is O=C(Nc1cnn(COCC(F)(F)F)c1)c1ccc(Cn2cc([N+](=O)[O-])cn2)o1. The summed E-state index contributed by atoms with van der Waals surface area (Å²) in [6, 6.07) is 2.91. The van der Waals surface area contributed by atoms with Crippen molar-refractivity contribution >= 4 is 17.3 Å². The van der Waals surface area contributed by atoms with Gasteiger partial charge in [-0.3, -0.25) is 19.6 Å². The Labute approximate surface area is 159 Å². The van der Waals surface area contributed by atoms with Crippen LogP contribution < -0.4 is 5.32 Å². The molecule has 3 aromatic rings. The zero-order valence-corrected chi connectivity index (χ0v) is 14.5. The minimum Gasteiger partial charge on any atom is -0.454 e. The third kappa shape index (κ3) is 5.65. The second-order valence-electron chi connectivity index (χ2n) is 5.73. The van der Waals surface area contributed by atoms with E-state index in [1.807, 2.05) is 0 Å². The van der Waals surface area contributed by atoms with Crippen molar-refractivity contribution in [2.24, 2.45) is 0 Å². The fraction of sp³-hybridized carbons (Fsp3) is 0.267. The fourth-order valence-corrected chi connectivity index (χ4v) is 2.22. The number of furan rings is 1. The lowest BCUT2D eigenvalue weighted by Crippen LogP contribution is -2.18. The van der Waals surface area contributed by atoms with Crippen LogP contribution in [0.15, 0.2) is 41.3 Å². The van der Waals surface area contributed by atoms with E-state index in [9.17, 15) is 28.1 Å². The van der Waals surface area contributed by atoms with Crippen LogP contribution in [-0.4, -0.2) is 43.2 Å². The van der Waals surface area contributed by atoms with Gasteiger partial charge in [-0.25, -0.2) is 4.68 Å². The Hall–Kier alpha value is -3.68. The average molecular weight is 414 g/mol. The van der Waals surface area contributed by atoms with Crippen molar-refractivity contribution in [1.82, 2.24) is 19.6 Å². The van der Waals surface area contributed by atoms with Crippen LogP contribution in [0.1, 0.15) is 16.3 Å². The molecule has 0 saturated carbocycles. The van der Waals surface area contributed by atoms with Gasteiger partial charge in [-0.1, -0.05) is 0 Å². The van der Waals surface area contributed by atoms with Crippen molar-refractivity contribution in [1.29, 1.82) is 0 Å². The molecule has 0 unspecified atom stereocenters. The third-order valence-corrected chi connectivity index (χ3v) is 3.41. The molecule has 29 heavy (non-hydrogen) atoms. The molecule has 1 amide bonds. The molecular weight excluding hydrogens is 401 g/mol. The molecular formula is C15H13F3N6O5. The molecule has 0 radical (unpaired) electrons. The number of ether oxygens (including phenoxy) is 1. The lowest BCUT2D eigenvalue weighted by atomic mass is 10.4. The second kappa shape index (κ2) is 8.14. The Morgan fingerprint density at radius 1 is 1.24 bits per heavy atom. The molecule has 0 atom stereocenters. The van der Waals surface area contributed by atoms with Crippen molar-refractivity contribution in [3.05, 3.63) is 58.6 Å². The number of nitro groups is 1. The van der Waals surface area contributed by atoms with Gasteiger partial charge in [0.15, 0.2) is 5.76 Å². The molecule has 0 saturated heterocycles. The van der Waals surface area contributed by atoms with Crippen LogP contribution in [0, 0.1) is 10.1 Å². The monoisotopic (exact) mass is 414 g/mol. The molecule has 0 aliphatic heterocycles. The highest BCUT2D eigenvalue weighted by atomic mass is 19.4. The van der Waals surface area contributed by atoms with Gasteiger partial charge in [0.25, 0.3) is 5.91 Å². The van der Waals surface area contributed by atoms with Crippen LogP contribution in [0.3, 0.4) is 0 Å². The molecule has 0 aliphatic rings. The third-order valence-electron chi connectivity index (χ3n) is 3.41. The van der Waals surface area contributed by atoms with Gasteiger partial charge in [0.05, 0.1) is 29.5 Å². The predicted molar refractivity (Wildman–Crippen MR) is 88.9 cm³/mol. The van der Waals surface area contributed by atoms with Gasteiger partial charge in [-0.2, -0.15) is 23.4 Å². The number of nitrogens with zero attached hydrogens (tertiary/aromatic N) is 5. The van der Waals surface area contributed by atoms with Gasteiger partial charge in [-0.05, 0) is 12.1 Å². The summed E-state index contributed by atoms with van der Waals surface area (Å²) in [5.41, 5.74) is 0.0528. The van der Waals surface area contributed by atoms with Gasteiger partial charge in [0.1, 0.15) is 31.5 Å². The first-order valence-electron chi connectivity index (χ1n) is 7.93. The standard InChI is InChI=1S/C15H13F3N6O5/c16-15(17,18)8-28-9-23-5-10(3-19-23)21-14(25)13-2-1-12(29-13)7-22-6-11(4-20-22)24(26)27/h1-6H,7-9H2,(H,21,25). The van der Waals surface area contributed by atoms with Crippen LogP contribution in [0.4, 0.5) is 24.5 Å². The summed E-state index contributed by atoms with van der Waals surface area (Å²) in [7, 11) is 0. The minimum atomic E-state index is -4.44. The summed E-state index contributed by atoms with van der Waals surface area (Å²) in [5, 5.41) is 20.7. The maximum atomic E-state index is 12.2. The lowest BCUT2D eigenvalue weighted by molar-refractivity contribution is -0.385. The number of amides is 1. The molecule has 0 aliphatic carbocycles. The van der Waals surface area contributed by atoms with E-state index in [4.69, 9.17) is 4.42 Å². The first-order valence-corrected chi connectivity index (χ1v) is 7.93. The normalized spacial score (nSPS) is 11.6. The van der Waals surface area contributed by atoms with Crippen LogP contribution in [0.5, 0.6) is 0 Å². The summed E-state index contributed by atoms with van der Waals surface area (Å²) in [4.78, 5) is 22.3. The Balaban J connectivity index is 1.54. The second-order valence-corrected chi connectivity index (χ2v) is 5.73. The van der Waals surface area contributed by atoms with Gasteiger partial charge < -0.3 is 14.5 Å². The maximum absolute atomic E-state index is 12.2. The molecule has 1 N–H and O–H groups in total. The number of aromatic nitrogens is 4. The van der Waals surface area contributed by atoms with Crippen molar-refractivity contribution in [3.8, 4) is 0 Å². The van der Waals surface area contributed by atoms with Crippen LogP contribution in [0.2, 0.25) is 0 Å². The van der Waals surface area contributed by atoms with E-state index < -0.39 is 30.3 Å². The molecule has 154 valence electrons. The molecule has 0 spiro atoms. The summed E-state index contributed by atoms with van der Waals surface area (Å²) < 4.78 is 48.3. The Morgan fingerprint density at radius 3 is 2.69 bits per heavy atom. The van der Waals surface area contributed by atoms with Crippen molar-refractivity contribution in [2.75, 3.05) is 11.9 Å². The van der Waals surface area contributed by atoms with Crippen LogP contribution >= 0.6 is 0 Å². The molecule has 0 aromatic carbocycles. The zero-order valence-electron chi connectivity index (χ0n) is 14.5. The zero-order chi connectivity index (χ0) is 21.0. The first-order chi connectivity index (χ1) is 13.7. The Kier molecular flexibility index (Phi) is 5.63. The van der Waals surface area contributed by atoms with Crippen molar-refractivity contribution in [3.63, 3.8) is 0 Å². The number of anilines is 1.